The molecular formula is C12H16O2. The van der Waals surface area contributed by atoms with Gasteiger partial charge in [-0.3, -0.25) is 0 Å². The molecule has 0 spiro atoms. The molecule has 1 unspecified atom stereocenters. The maximum absolute atomic E-state index is 10.7. The predicted octanol–water partition coefficient (Wildman–Crippen LogP) is 2.60. The van der Waals surface area contributed by atoms with Crippen molar-refractivity contribution in [1.29, 1.82) is 0 Å². The highest BCUT2D eigenvalue weighted by molar-refractivity contribution is 5.29. The third-order valence-electron chi connectivity index (χ3n) is 3.95. The summed E-state index contributed by atoms with van der Waals surface area (Å²) in [4.78, 5) is 0. The van der Waals surface area contributed by atoms with Gasteiger partial charge in [0, 0.05) is 12.0 Å². The molecule has 1 fully saturated rings. The molecule has 0 saturated heterocycles. The van der Waals surface area contributed by atoms with Crippen molar-refractivity contribution < 1.29 is 9.52 Å². The summed E-state index contributed by atoms with van der Waals surface area (Å²) in [5.41, 5.74) is 0.521. The first-order chi connectivity index (χ1) is 6.81. The fraction of sp³-hybridized carbons (Fsp3) is 0.667. The molecule has 2 heteroatoms. The van der Waals surface area contributed by atoms with Crippen LogP contribution in [0.2, 0.25) is 0 Å². The fourth-order valence-corrected chi connectivity index (χ4v) is 2.88. The molecule has 2 aliphatic rings. The highest BCUT2D eigenvalue weighted by Gasteiger charge is 2.45. The molecule has 0 bridgehead atoms. The molecule has 1 saturated carbocycles. The number of aliphatic hydroxyl groups is 1. The maximum atomic E-state index is 10.7. The molecular weight excluding hydrogens is 176 g/mol. The quantitative estimate of drug-likeness (QED) is 0.742. The van der Waals surface area contributed by atoms with Crippen molar-refractivity contribution in [1.82, 2.24) is 0 Å². The molecule has 0 amide bonds. The van der Waals surface area contributed by atoms with Crippen LogP contribution in [-0.4, -0.2) is 5.11 Å². The molecule has 0 radical (unpaired) electrons. The van der Waals surface area contributed by atoms with E-state index >= 15 is 0 Å². The molecule has 1 heterocycles. The molecule has 0 aromatic carbocycles. The Hall–Kier alpha value is -0.760. The lowest BCUT2D eigenvalue weighted by molar-refractivity contribution is -0.0706. The number of furan rings is 1. The monoisotopic (exact) mass is 192 g/mol. The Kier molecular flexibility index (Phi) is 1.75. The van der Waals surface area contributed by atoms with Crippen LogP contribution in [0.3, 0.4) is 0 Å². The van der Waals surface area contributed by atoms with Crippen LogP contribution in [0, 0.1) is 5.92 Å². The largest absolute Gasteiger partial charge is 0.469 e. The van der Waals surface area contributed by atoms with E-state index in [0.717, 1.165) is 30.6 Å². The van der Waals surface area contributed by atoms with Gasteiger partial charge in [0.1, 0.15) is 5.76 Å². The summed E-state index contributed by atoms with van der Waals surface area (Å²) < 4.78 is 5.41. The summed E-state index contributed by atoms with van der Waals surface area (Å²) in [5, 5.41) is 10.7. The van der Waals surface area contributed by atoms with E-state index in [4.69, 9.17) is 4.42 Å². The standard InChI is InChI=1S/C12H16O2/c13-12(9-3-1-4-9)7-2-5-11-10(12)6-8-14-11/h6,8-9,13H,1-5,7H2. The van der Waals surface area contributed by atoms with Crippen molar-refractivity contribution in [3.05, 3.63) is 23.7 Å². The van der Waals surface area contributed by atoms with Crippen molar-refractivity contribution in [2.75, 3.05) is 0 Å². The minimum absolute atomic E-state index is 0.485. The number of rotatable bonds is 1. The van der Waals surface area contributed by atoms with E-state index in [1.54, 1.807) is 6.26 Å². The zero-order chi connectivity index (χ0) is 9.60. The lowest BCUT2D eigenvalue weighted by Crippen LogP contribution is -2.41. The van der Waals surface area contributed by atoms with Gasteiger partial charge in [0.15, 0.2) is 0 Å². The van der Waals surface area contributed by atoms with Crippen molar-refractivity contribution >= 4 is 0 Å². The zero-order valence-electron chi connectivity index (χ0n) is 8.33. The van der Waals surface area contributed by atoms with Crippen molar-refractivity contribution in [2.45, 2.75) is 44.1 Å². The SMILES string of the molecule is OC1(C2CCC2)CCCc2occc21. The van der Waals surface area contributed by atoms with E-state index in [2.05, 4.69) is 0 Å². The van der Waals surface area contributed by atoms with Crippen LogP contribution in [0.4, 0.5) is 0 Å². The summed E-state index contributed by atoms with van der Waals surface area (Å²) in [6.45, 7) is 0. The molecule has 1 atom stereocenters. The summed E-state index contributed by atoms with van der Waals surface area (Å²) in [6, 6.07) is 1.97. The summed E-state index contributed by atoms with van der Waals surface area (Å²) in [6.07, 6.45) is 8.34. The smallest absolute Gasteiger partial charge is 0.109 e. The van der Waals surface area contributed by atoms with Gasteiger partial charge in [0.25, 0.3) is 0 Å². The number of hydrogen-bond donors (Lipinski definition) is 1. The van der Waals surface area contributed by atoms with Crippen molar-refractivity contribution in [3.8, 4) is 0 Å². The van der Waals surface area contributed by atoms with Crippen LogP contribution >= 0.6 is 0 Å². The highest BCUT2D eigenvalue weighted by Crippen LogP contribution is 2.48. The van der Waals surface area contributed by atoms with E-state index in [0.29, 0.717) is 5.92 Å². The van der Waals surface area contributed by atoms with Crippen LogP contribution in [-0.2, 0) is 12.0 Å². The first-order valence-corrected chi connectivity index (χ1v) is 5.60. The van der Waals surface area contributed by atoms with Gasteiger partial charge >= 0.3 is 0 Å². The summed E-state index contributed by atoms with van der Waals surface area (Å²) in [7, 11) is 0. The number of fused-ring (bicyclic) bond motifs is 1. The van der Waals surface area contributed by atoms with Gasteiger partial charge in [-0.25, -0.2) is 0 Å². The normalized spacial score (nSPS) is 32.4. The second-order valence-electron chi connectivity index (χ2n) is 4.66. The Morgan fingerprint density at radius 2 is 2.21 bits per heavy atom. The Morgan fingerprint density at radius 3 is 2.93 bits per heavy atom. The Labute approximate surface area is 83.9 Å². The lowest BCUT2D eigenvalue weighted by Gasteiger charge is -2.43. The Morgan fingerprint density at radius 1 is 1.36 bits per heavy atom. The maximum Gasteiger partial charge on any atom is 0.109 e. The molecule has 76 valence electrons. The van der Waals surface area contributed by atoms with E-state index in [1.165, 1.54) is 19.3 Å². The third-order valence-corrected chi connectivity index (χ3v) is 3.95. The molecule has 1 aromatic rings. The first kappa shape index (κ1) is 8.54. The highest BCUT2D eigenvalue weighted by atomic mass is 16.3. The summed E-state index contributed by atoms with van der Waals surface area (Å²) in [5.74, 6) is 1.50. The van der Waals surface area contributed by atoms with Crippen molar-refractivity contribution in [2.24, 2.45) is 5.92 Å². The lowest BCUT2D eigenvalue weighted by atomic mass is 9.66. The van der Waals surface area contributed by atoms with Gasteiger partial charge in [-0.15, -0.1) is 0 Å². The van der Waals surface area contributed by atoms with Crippen molar-refractivity contribution in [3.63, 3.8) is 0 Å². The van der Waals surface area contributed by atoms with E-state index in [-0.39, 0.29) is 0 Å². The fourth-order valence-electron chi connectivity index (χ4n) is 2.88. The van der Waals surface area contributed by atoms with Crippen LogP contribution in [0.25, 0.3) is 0 Å². The Bertz CT molecular complexity index is 338. The average Bonchev–Trinajstić information content (AvgIpc) is 2.49. The third kappa shape index (κ3) is 1.01. The minimum Gasteiger partial charge on any atom is -0.469 e. The van der Waals surface area contributed by atoms with Gasteiger partial charge in [-0.2, -0.15) is 0 Å². The predicted molar refractivity (Wildman–Crippen MR) is 52.9 cm³/mol. The van der Waals surface area contributed by atoms with Gasteiger partial charge in [-0.1, -0.05) is 6.42 Å². The van der Waals surface area contributed by atoms with Gasteiger partial charge in [0.05, 0.1) is 11.9 Å². The molecule has 3 rings (SSSR count). The van der Waals surface area contributed by atoms with Crippen LogP contribution < -0.4 is 0 Å². The van der Waals surface area contributed by atoms with Crippen LogP contribution in [0.1, 0.15) is 43.4 Å². The molecule has 0 aliphatic heterocycles. The second-order valence-corrected chi connectivity index (χ2v) is 4.66. The second kappa shape index (κ2) is 2.86. The topological polar surface area (TPSA) is 33.4 Å². The zero-order valence-corrected chi connectivity index (χ0v) is 8.33. The van der Waals surface area contributed by atoms with Gasteiger partial charge in [0.2, 0.25) is 0 Å². The average molecular weight is 192 g/mol. The first-order valence-electron chi connectivity index (χ1n) is 5.60. The molecule has 2 nitrogen and oxygen atoms in total. The van der Waals surface area contributed by atoms with Crippen LogP contribution in [0.5, 0.6) is 0 Å². The van der Waals surface area contributed by atoms with E-state index in [9.17, 15) is 5.11 Å². The van der Waals surface area contributed by atoms with E-state index in [1.807, 2.05) is 6.07 Å². The van der Waals surface area contributed by atoms with Gasteiger partial charge in [-0.05, 0) is 37.7 Å². The number of aryl methyl sites for hydroxylation is 1. The number of hydrogen-bond acceptors (Lipinski definition) is 2. The van der Waals surface area contributed by atoms with Gasteiger partial charge < -0.3 is 9.52 Å². The van der Waals surface area contributed by atoms with Crippen LogP contribution in [0.15, 0.2) is 16.7 Å². The molecule has 2 aliphatic carbocycles. The Balaban J connectivity index is 2.01. The molecule has 1 aromatic heterocycles. The molecule has 1 N–H and O–H groups in total. The molecule has 14 heavy (non-hydrogen) atoms. The summed E-state index contributed by atoms with van der Waals surface area (Å²) >= 11 is 0. The van der Waals surface area contributed by atoms with E-state index < -0.39 is 5.60 Å². The minimum atomic E-state index is -0.557.